The van der Waals surface area contributed by atoms with Crippen molar-refractivity contribution in [2.75, 3.05) is 7.05 Å². The van der Waals surface area contributed by atoms with E-state index in [9.17, 15) is 0 Å². The van der Waals surface area contributed by atoms with Crippen molar-refractivity contribution in [3.63, 3.8) is 0 Å². The highest BCUT2D eigenvalue weighted by Gasteiger charge is 2.13. The average molecular weight is 310 g/mol. The molecule has 0 bridgehead atoms. The molecule has 1 N–H and O–H groups in total. The number of halogens is 1. The Labute approximate surface area is 115 Å². The topological polar surface area (TPSA) is 12.0 Å². The zero-order valence-corrected chi connectivity index (χ0v) is 12.4. The van der Waals surface area contributed by atoms with E-state index in [0.717, 1.165) is 6.42 Å². The Kier molecular flexibility index (Phi) is 4.37. The maximum atomic E-state index is 3.51. The highest BCUT2D eigenvalue weighted by Crippen LogP contribution is 2.28. The van der Waals surface area contributed by atoms with Crippen LogP contribution in [0.1, 0.15) is 22.0 Å². The second kappa shape index (κ2) is 5.80. The first kappa shape index (κ1) is 12.8. The van der Waals surface area contributed by atoms with Crippen molar-refractivity contribution in [1.82, 2.24) is 5.32 Å². The van der Waals surface area contributed by atoms with E-state index in [2.05, 4.69) is 63.9 Å². The van der Waals surface area contributed by atoms with Gasteiger partial charge in [-0.1, -0.05) is 24.3 Å². The maximum absolute atomic E-state index is 3.51. The van der Waals surface area contributed by atoms with Crippen molar-refractivity contribution in [3.05, 3.63) is 56.2 Å². The largest absolute Gasteiger partial charge is 0.312 e. The Hall–Kier alpha value is -0.640. The molecule has 1 nitrogen and oxygen atoms in total. The van der Waals surface area contributed by atoms with Gasteiger partial charge in [0.15, 0.2) is 0 Å². The molecular formula is C14H16BrNS. The molecule has 0 radical (unpaired) electrons. The quantitative estimate of drug-likeness (QED) is 0.886. The summed E-state index contributed by atoms with van der Waals surface area (Å²) in [5.74, 6) is 0. The normalized spacial score (nSPS) is 12.6. The zero-order valence-electron chi connectivity index (χ0n) is 10.0. The van der Waals surface area contributed by atoms with Gasteiger partial charge in [-0.05, 0) is 53.5 Å². The summed E-state index contributed by atoms with van der Waals surface area (Å²) >= 11 is 5.31. The molecule has 0 saturated carbocycles. The fourth-order valence-corrected chi connectivity index (χ4v) is 3.47. The molecule has 1 heterocycles. The van der Waals surface area contributed by atoms with E-state index in [1.807, 2.05) is 7.05 Å². The molecule has 17 heavy (non-hydrogen) atoms. The van der Waals surface area contributed by atoms with Crippen LogP contribution in [0, 0.1) is 6.92 Å². The van der Waals surface area contributed by atoms with Gasteiger partial charge in [0.2, 0.25) is 0 Å². The molecule has 1 unspecified atom stereocenters. The van der Waals surface area contributed by atoms with Crippen LogP contribution >= 0.6 is 27.3 Å². The molecule has 0 saturated heterocycles. The lowest BCUT2D eigenvalue weighted by Crippen LogP contribution is -2.18. The monoisotopic (exact) mass is 309 g/mol. The highest BCUT2D eigenvalue weighted by atomic mass is 79.9. The first-order chi connectivity index (χ1) is 8.20. The molecule has 1 atom stereocenters. The Balaban J connectivity index is 2.18. The summed E-state index contributed by atoms with van der Waals surface area (Å²) in [4.78, 5) is 1.38. The number of aryl methyl sites for hydroxylation is 1. The van der Waals surface area contributed by atoms with Crippen molar-refractivity contribution in [2.24, 2.45) is 0 Å². The number of hydrogen-bond acceptors (Lipinski definition) is 2. The van der Waals surface area contributed by atoms with Gasteiger partial charge >= 0.3 is 0 Å². The second-order valence-electron chi connectivity index (χ2n) is 4.14. The molecule has 0 aliphatic rings. The number of hydrogen-bond donors (Lipinski definition) is 1. The van der Waals surface area contributed by atoms with E-state index in [1.54, 1.807) is 11.3 Å². The third kappa shape index (κ3) is 3.18. The summed E-state index contributed by atoms with van der Waals surface area (Å²) in [7, 11) is 2.02. The molecule has 0 aliphatic carbocycles. The van der Waals surface area contributed by atoms with Gasteiger partial charge in [-0.25, -0.2) is 0 Å². The van der Waals surface area contributed by atoms with Gasteiger partial charge in [0, 0.05) is 20.8 Å². The Morgan fingerprint density at radius 2 is 2.12 bits per heavy atom. The molecule has 0 aliphatic heterocycles. The number of rotatable bonds is 4. The molecule has 3 heteroatoms. The summed E-state index contributed by atoms with van der Waals surface area (Å²) in [5, 5.41) is 5.53. The van der Waals surface area contributed by atoms with Gasteiger partial charge in [-0.3, -0.25) is 0 Å². The van der Waals surface area contributed by atoms with E-state index < -0.39 is 0 Å². The number of likely N-dealkylation sites (N-methyl/N-ethyl adjacent to an activating group) is 1. The van der Waals surface area contributed by atoms with Crippen LogP contribution in [0.3, 0.4) is 0 Å². The van der Waals surface area contributed by atoms with Crippen molar-refractivity contribution >= 4 is 27.3 Å². The van der Waals surface area contributed by atoms with Crippen molar-refractivity contribution in [2.45, 2.75) is 19.4 Å². The molecule has 1 aromatic carbocycles. The minimum atomic E-state index is 0.396. The van der Waals surface area contributed by atoms with Crippen LogP contribution in [0.5, 0.6) is 0 Å². The van der Waals surface area contributed by atoms with Crippen molar-refractivity contribution in [3.8, 4) is 0 Å². The molecule has 1 aromatic heterocycles. The Morgan fingerprint density at radius 3 is 2.71 bits per heavy atom. The van der Waals surface area contributed by atoms with Crippen molar-refractivity contribution < 1.29 is 0 Å². The highest BCUT2D eigenvalue weighted by molar-refractivity contribution is 9.10. The van der Waals surface area contributed by atoms with E-state index in [-0.39, 0.29) is 0 Å². The Morgan fingerprint density at radius 1 is 1.35 bits per heavy atom. The summed E-state index contributed by atoms with van der Waals surface area (Å²) in [6, 6.07) is 11.2. The predicted molar refractivity (Wildman–Crippen MR) is 78.7 cm³/mol. The number of nitrogens with one attached hydrogen (secondary N) is 1. The van der Waals surface area contributed by atoms with Crippen LogP contribution in [0.4, 0.5) is 0 Å². The zero-order chi connectivity index (χ0) is 12.3. The number of thiophene rings is 1. The molecule has 0 spiro atoms. The summed E-state index contributed by atoms with van der Waals surface area (Å²) in [6.07, 6.45) is 1.04. The third-order valence-electron chi connectivity index (χ3n) is 2.96. The fraction of sp³-hybridized carbons (Fsp3) is 0.286. The van der Waals surface area contributed by atoms with Gasteiger partial charge in [0.05, 0.1) is 0 Å². The summed E-state index contributed by atoms with van der Waals surface area (Å²) in [5.41, 5.74) is 2.78. The van der Waals surface area contributed by atoms with Crippen LogP contribution in [0.25, 0.3) is 0 Å². The van der Waals surface area contributed by atoms with Gasteiger partial charge in [-0.15, -0.1) is 11.3 Å². The predicted octanol–water partition coefficient (Wildman–Crippen LogP) is 4.32. The lowest BCUT2D eigenvalue weighted by molar-refractivity contribution is 0.600. The Bertz CT molecular complexity index is 492. The second-order valence-corrected chi connectivity index (χ2v) is 6.00. The van der Waals surface area contributed by atoms with Crippen LogP contribution in [0.15, 0.2) is 40.2 Å². The summed E-state index contributed by atoms with van der Waals surface area (Å²) < 4.78 is 1.17. The van der Waals surface area contributed by atoms with Crippen LogP contribution in [-0.2, 0) is 6.42 Å². The number of benzene rings is 1. The minimum absolute atomic E-state index is 0.396. The van der Waals surface area contributed by atoms with Crippen molar-refractivity contribution in [1.29, 1.82) is 0 Å². The van der Waals surface area contributed by atoms with E-state index in [0.29, 0.717) is 6.04 Å². The van der Waals surface area contributed by atoms with Gasteiger partial charge in [0.25, 0.3) is 0 Å². The minimum Gasteiger partial charge on any atom is -0.312 e. The van der Waals surface area contributed by atoms with Gasteiger partial charge in [0.1, 0.15) is 0 Å². The van der Waals surface area contributed by atoms with Crippen LogP contribution < -0.4 is 5.32 Å². The van der Waals surface area contributed by atoms with Gasteiger partial charge in [-0.2, -0.15) is 0 Å². The smallest absolute Gasteiger partial charge is 0.0453 e. The maximum Gasteiger partial charge on any atom is 0.0453 e. The lowest BCUT2D eigenvalue weighted by Gasteiger charge is -2.16. The molecule has 0 amide bonds. The van der Waals surface area contributed by atoms with Crippen LogP contribution in [-0.4, -0.2) is 7.05 Å². The van der Waals surface area contributed by atoms with E-state index in [1.165, 1.54) is 20.5 Å². The van der Waals surface area contributed by atoms with E-state index >= 15 is 0 Å². The SMILES string of the molecule is CNC(Cc1ccccc1C)c1cc(Br)cs1. The van der Waals surface area contributed by atoms with Gasteiger partial charge < -0.3 is 5.32 Å². The molecule has 2 aromatic rings. The first-order valence-electron chi connectivity index (χ1n) is 5.66. The molecular weight excluding hydrogens is 294 g/mol. The lowest BCUT2D eigenvalue weighted by atomic mass is 10.0. The molecule has 0 fully saturated rings. The van der Waals surface area contributed by atoms with E-state index in [4.69, 9.17) is 0 Å². The van der Waals surface area contributed by atoms with Crippen LogP contribution in [0.2, 0.25) is 0 Å². The summed E-state index contributed by atoms with van der Waals surface area (Å²) in [6.45, 7) is 2.17. The average Bonchev–Trinajstić information content (AvgIpc) is 2.75. The third-order valence-corrected chi connectivity index (χ3v) is 4.77. The molecule has 2 rings (SSSR count). The fourth-order valence-electron chi connectivity index (χ4n) is 1.91. The standard InChI is InChI=1S/C14H16BrNS/c1-10-5-3-4-6-11(10)7-13(16-2)14-8-12(15)9-17-14/h3-6,8-9,13,16H,7H2,1-2H3. The molecule has 90 valence electrons. The first-order valence-corrected chi connectivity index (χ1v) is 7.33.